The van der Waals surface area contributed by atoms with Gasteiger partial charge in [0, 0.05) is 11.8 Å². The van der Waals surface area contributed by atoms with Gasteiger partial charge in [-0.1, -0.05) is 35.3 Å². The normalized spacial score (nSPS) is 11.0. The highest BCUT2D eigenvalue weighted by Gasteiger charge is 2.16. The van der Waals surface area contributed by atoms with Crippen molar-refractivity contribution in [1.82, 2.24) is 9.38 Å². The summed E-state index contributed by atoms with van der Waals surface area (Å²) in [7, 11) is 1.60. The van der Waals surface area contributed by atoms with E-state index in [1.807, 2.05) is 24.3 Å². The Morgan fingerprint density at radius 1 is 1.29 bits per heavy atom. The first-order valence-electron chi connectivity index (χ1n) is 6.25. The van der Waals surface area contributed by atoms with E-state index in [0.717, 1.165) is 11.3 Å². The van der Waals surface area contributed by atoms with Gasteiger partial charge < -0.3 is 9.84 Å². The second-order valence-electron chi connectivity index (χ2n) is 4.50. The standard InChI is InChI=1S/C15H12Cl2N2O2/c1-21-11-4-2-3-9(5-11)14-13(8-20)19-7-10(16)6-12(17)15(19)18-14/h2-7,20H,8H2,1H3. The van der Waals surface area contributed by atoms with Crippen LogP contribution in [0.3, 0.4) is 0 Å². The Kier molecular flexibility index (Phi) is 3.76. The molecule has 0 spiro atoms. The molecule has 1 aromatic carbocycles. The van der Waals surface area contributed by atoms with Crippen molar-refractivity contribution in [3.63, 3.8) is 0 Å². The Labute approximate surface area is 131 Å². The van der Waals surface area contributed by atoms with Gasteiger partial charge in [-0.3, -0.25) is 4.40 Å². The lowest BCUT2D eigenvalue weighted by molar-refractivity contribution is 0.276. The molecular weight excluding hydrogens is 311 g/mol. The van der Waals surface area contributed by atoms with Crippen LogP contribution in [0.5, 0.6) is 5.75 Å². The molecule has 0 aliphatic carbocycles. The van der Waals surface area contributed by atoms with E-state index in [2.05, 4.69) is 4.98 Å². The van der Waals surface area contributed by atoms with E-state index < -0.39 is 0 Å². The van der Waals surface area contributed by atoms with Gasteiger partial charge in [0.05, 0.1) is 35.1 Å². The minimum absolute atomic E-state index is 0.176. The summed E-state index contributed by atoms with van der Waals surface area (Å²) in [5, 5.41) is 10.6. The highest BCUT2D eigenvalue weighted by molar-refractivity contribution is 6.36. The highest BCUT2D eigenvalue weighted by atomic mass is 35.5. The Bertz CT molecular complexity index is 815. The fourth-order valence-electron chi connectivity index (χ4n) is 2.27. The molecule has 0 aliphatic heterocycles. The SMILES string of the molecule is COc1cccc(-c2nc3c(Cl)cc(Cl)cn3c2CO)c1. The van der Waals surface area contributed by atoms with Crippen molar-refractivity contribution in [3.05, 3.63) is 52.3 Å². The van der Waals surface area contributed by atoms with Gasteiger partial charge in [-0.25, -0.2) is 4.98 Å². The van der Waals surface area contributed by atoms with Crippen LogP contribution >= 0.6 is 23.2 Å². The molecule has 3 aromatic rings. The molecule has 0 aliphatic rings. The van der Waals surface area contributed by atoms with Crippen molar-refractivity contribution in [1.29, 1.82) is 0 Å². The van der Waals surface area contributed by atoms with Gasteiger partial charge >= 0.3 is 0 Å². The number of hydrogen-bond donors (Lipinski definition) is 1. The van der Waals surface area contributed by atoms with Crippen LogP contribution in [0.15, 0.2) is 36.5 Å². The van der Waals surface area contributed by atoms with E-state index >= 15 is 0 Å². The quantitative estimate of drug-likeness (QED) is 0.797. The molecule has 0 bridgehead atoms. The van der Waals surface area contributed by atoms with Crippen LogP contribution in [0.25, 0.3) is 16.9 Å². The van der Waals surface area contributed by atoms with Crippen molar-refractivity contribution in [3.8, 4) is 17.0 Å². The molecule has 6 heteroatoms. The second-order valence-corrected chi connectivity index (χ2v) is 5.34. The summed E-state index contributed by atoms with van der Waals surface area (Å²) in [6, 6.07) is 9.10. The molecule has 0 saturated heterocycles. The zero-order chi connectivity index (χ0) is 15.0. The van der Waals surface area contributed by atoms with E-state index in [4.69, 9.17) is 27.9 Å². The highest BCUT2D eigenvalue weighted by Crippen LogP contribution is 2.31. The number of imidazole rings is 1. The van der Waals surface area contributed by atoms with Crippen LogP contribution in [0.1, 0.15) is 5.69 Å². The zero-order valence-corrected chi connectivity index (χ0v) is 12.7. The zero-order valence-electron chi connectivity index (χ0n) is 11.2. The predicted octanol–water partition coefficient (Wildman–Crippen LogP) is 3.81. The van der Waals surface area contributed by atoms with Crippen LogP contribution in [0, 0.1) is 0 Å². The first-order chi connectivity index (χ1) is 10.1. The lowest BCUT2D eigenvalue weighted by atomic mass is 10.1. The topological polar surface area (TPSA) is 46.8 Å². The number of fused-ring (bicyclic) bond motifs is 1. The van der Waals surface area contributed by atoms with Gasteiger partial charge in [0.2, 0.25) is 0 Å². The van der Waals surface area contributed by atoms with E-state index in [0.29, 0.717) is 27.1 Å². The Morgan fingerprint density at radius 3 is 2.81 bits per heavy atom. The summed E-state index contributed by atoms with van der Waals surface area (Å²) >= 11 is 12.2. The number of halogens is 2. The molecule has 3 rings (SSSR count). The smallest absolute Gasteiger partial charge is 0.156 e. The molecular formula is C15H12Cl2N2O2. The van der Waals surface area contributed by atoms with Gasteiger partial charge in [-0.2, -0.15) is 0 Å². The molecule has 2 heterocycles. The van der Waals surface area contributed by atoms with Crippen molar-refractivity contribution >= 4 is 28.8 Å². The predicted molar refractivity (Wildman–Crippen MR) is 83.1 cm³/mol. The number of pyridine rings is 1. The lowest BCUT2D eigenvalue weighted by Gasteiger charge is -2.04. The first kappa shape index (κ1) is 14.2. The van der Waals surface area contributed by atoms with Gasteiger partial charge in [-0.05, 0) is 18.2 Å². The van der Waals surface area contributed by atoms with Crippen LogP contribution in [-0.4, -0.2) is 21.6 Å². The molecule has 108 valence electrons. The number of benzene rings is 1. The molecule has 0 unspecified atom stereocenters. The number of aromatic nitrogens is 2. The monoisotopic (exact) mass is 322 g/mol. The maximum Gasteiger partial charge on any atom is 0.156 e. The number of methoxy groups -OCH3 is 1. The summed E-state index contributed by atoms with van der Waals surface area (Å²) in [4.78, 5) is 4.53. The molecule has 0 atom stereocenters. The average Bonchev–Trinajstić information content (AvgIpc) is 2.86. The third-order valence-corrected chi connectivity index (χ3v) is 3.72. The third-order valence-electron chi connectivity index (χ3n) is 3.23. The molecule has 4 nitrogen and oxygen atoms in total. The van der Waals surface area contributed by atoms with Crippen LogP contribution in [0.4, 0.5) is 0 Å². The number of ether oxygens (including phenoxy) is 1. The van der Waals surface area contributed by atoms with E-state index in [9.17, 15) is 5.11 Å². The number of nitrogens with zero attached hydrogens (tertiary/aromatic N) is 2. The summed E-state index contributed by atoms with van der Waals surface area (Å²) in [5.74, 6) is 0.720. The van der Waals surface area contributed by atoms with E-state index in [-0.39, 0.29) is 6.61 Å². The van der Waals surface area contributed by atoms with Gasteiger partial charge in [0.25, 0.3) is 0 Å². The Hall–Kier alpha value is -1.75. The molecule has 0 radical (unpaired) electrons. The minimum atomic E-state index is -0.176. The summed E-state index contributed by atoms with van der Waals surface area (Å²) < 4.78 is 6.93. The summed E-state index contributed by atoms with van der Waals surface area (Å²) in [6.45, 7) is -0.176. The molecule has 21 heavy (non-hydrogen) atoms. The number of aliphatic hydroxyl groups is 1. The van der Waals surface area contributed by atoms with Gasteiger partial charge in [0.1, 0.15) is 5.75 Å². The van der Waals surface area contributed by atoms with Crippen LogP contribution < -0.4 is 4.74 Å². The van der Waals surface area contributed by atoms with Crippen molar-refractivity contribution in [2.24, 2.45) is 0 Å². The van der Waals surface area contributed by atoms with Crippen molar-refractivity contribution in [2.75, 3.05) is 7.11 Å². The van der Waals surface area contributed by atoms with Crippen LogP contribution in [0.2, 0.25) is 10.0 Å². The Morgan fingerprint density at radius 2 is 2.10 bits per heavy atom. The maximum absolute atomic E-state index is 9.70. The van der Waals surface area contributed by atoms with E-state index in [1.54, 1.807) is 23.8 Å². The molecule has 0 fully saturated rings. The number of aliphatic hydroxyl groups excluding tert-OH is 1. The van der Waals surface area contributed by atoms with Crippen LogP contribution in [-0.2, 0) is 6.61 Å². The molecule has 1 N–H and O–H groups in total. The fraction of sp³-hybridized carbons (Fsp3) is 0.133. The second kappa shape index (κ2) is 5.56. The molecule has 2 aromatic heterocycles. The number of hydrogen-bond acceptors (Lipinski definition) is 3. The average molecular weight is 323 g/mol. The van der Waals surface area contributed by atoms with Gasteiger partial charge in [0.15, 0.2) is 5.65 Å². The maximum atomic E-state index is 9.70. The Balaban J connectivity index is 2.29. The largest absolute Gasteiger partial charge is 0.497 e. The minimum Gasteiger partial charge on any atom is -0.497 e. The van der Waals surface area contributed by atoms with Crippen molar-refractivity contribution in [2.45, 2.75) is 6.61 Å². The first-order valence-corrected chi connectivity index (χ1v) is 7.01. The molecule has 0 amide bonds. The van der Waals surface area contributed by atoms with E-state index in [1.165, 1.54) is 0 Å². The summed E-state index contributed by atoms with van der Waals surface area (Å²) in [6.07, 6.45) is 1.69. The number of rotatable bonds is 3. The van der Waals surface area contributed by atoms with Crippen molar-refractivity contribution < 1.29 is 9.84 Å². The third kappa shape index (κ3) is 2.46. The fourth-order valence-corrected chi connectivity index (χ4v) is 2.79. The van der Waals surface area contributed by atoms with Gasteiger partial charge in [-0.15, -0.1) is 0 Å². The lowest BCUT2D eigenvalue weighted by Crippen LogP contribution is -1.94. The molecule has 0 saturated carbocycles. The summed E-state index contributed by atoms with van der Waals surface area (Å²) in [5.41, 5.74) is 2.68.